The topological polar surface area (TPSA) is 36.3 Å². The van der Waals surface area contributed by atoms with E-state index in [4.69, 9.17) is 9.47 Å². The second-order valence-corrected chi connectivity index (χ2v) is 5.60. The summed E-state index contributed by atoms with van der Waals surface area (Å²) in [7, 11) is 0. The molecule has 0 spiro atoms. The Balaban J connectivity index is 2.10. The lowest BCUT2D eigenvalue weighted by atomic mass is 9.68. The van der Waals surface area contributed by atoms with Gasteiger partial charge in [-0.3, -0.25) is 0 Å². The van der Waals surface area contributed by atoms with Crippen LogP contribution >= 0.6 is 0 Å². The van der Waals surface area contributed by atoms with Crippen LogP contribution in [0.15, 0.2) is 30.2 Å². The van der Waals surface area contributed by atoms with Gasteiger partial charge >= 0.3 is 0 Å². The van der Waals surface area contributed by atoms with Crippen LogP contribution in [0.4, 0.5) is 0 Å². The molecule has 0 bridgehead atoms. The quantitative estimate of drug-likeness (QED) is 0.792. The van der Waals surface area contributed by atoms with Gasteiger partial charge in [-0.25, -0.2) is 4.98 Å². The van der Waals surface area contributed by atoms with E-state index in [0.717, 1.165) is 18.7 Å². The molecule has 1 aliphatic carbocycles. The van der Waals surface area contributed by atoms with E-state index in [-0.39, 0.29) is 5.41 Å². The van der Waals surface area contributed by atoms with Crippen molar-refractivity contribution in [3.63, 3.8) is 0 Å². The summed E-state index contributed by atoms with van der Waals surface area (Å²) >= 11 is 0. The second kappa shape index (κ2) is 4.86. The van der Waals surface area contributed by atoms with Gasteiger partial charge in [0.05, 0.1) is 23.6 Å². The number of ether oxygens (including phenoxy) is 2. The molecule has 20 heavy (non-hydrogen) atoms. The minimum absolute atomic E-state index is 0.193. The molecule has 0 saturated heterocycles. The molecule has 1 aromatic heterocycles. The lowest BCUT2D eigenvalue weighted by molar-refractivity contribution is -0.286. The number of allylic oxidation sites excluding steroid dienone is 1. The lowest BCUT2D eigenvalue weighted by Gasteiger charge is -2.51. The number of fused-ring (bicyclic) bond motifs is 2. The van der Waals surface area contributed by atoms with Crippen molar-refractivity contribution in [3.05, 3.63) is 35.9 Å². The highest BCUT2D eigenvalue weighted by Gasteiger charge is 2.54. The molecule has 1 unspecified atom stereocenters. The first kappa shape index (κ1) is 13.6. The number of aromatic nitrogens is 2. The first-order valence-corrected chi connectivity index (χ1v) is 7.32. The predicted molar refractivity (Wildman–Crippen MR) is 78.1 cm³/mol. The Bertz CT molecular complexity index is 553. The standard InChI is InChI=1S/C16H22N2O2/c1-4-19-16(20-5-2)8-6-7-13-9-14-10-17-12-18(14)11-15(13,16)3/h6-7,9-10,12H,4-5,8,11H2,1-3H3. The molecule has 0 fully saturated rings. The maximum atomic E-state index is 6.13. The fraction of sp³-hybridized carbons (Fsp3) is 0.562. The minimum Gasteiger partial charge on any atom is -0.349 e. The number of hydrogen-bond acceptors (Lipinski definition) is 3. The van der Waals surface area contributed by atoms with Crippen LogP contribution in [0.5, 0.6) is 0 Å². The Labute approximate surface area is 120 Å². The fourth-order valence-electron chi connectivity index (χ4n) is 3.42. The van der Waals surface area contributed by atoms with Gasteiger partial charge in [0, 0.05) is 26.2 Å². The lowest BCUT2D eigenvalue weighted by Crippen LogP contribution is -2.55. The van der Waals surface area contributed by atoms with Crippen LogP contribution < -0.4 is 0 Å². The van der Waals surface area contributed by atoms with E-state index in [1.54, 1.807) is 0 Å². The summed E-state index contributed by atoms with van der Waals surface area (Å²) in [6, 6.07) is 0. The summed E-state index contributed by atoms with van der Waals surface area (Å²) in [5.74, 6) is -0.584. The molecule has 0 N–H and O–H groups in total. The summed E-state index contributed by atoms with van der Waals surface area (Å²) in [6.45, 7) is 8.41. The van der Waals surface area contributed by atoms with Crippen LogP contribution in [0.2, 0.25) is 0 Å². The number of nitrogens with zero attached hydrogens (tertiary/aromatic N) is 2. The van der Waals surface area contributed by atoms with E-state index in [0.29, 0.717) is 13.2 Å². The normalized spacial score (nSPS) is 26.9. The van der Waals surface area contributed by atoms with Gasteiger partial charge in [-0.15, -0.1) is 0 Å². The van der Waals surface area contributed by atoms with E-state index in [1.165, 1.54) is 5.57 Å². The second-order valence-electron chi connectivity index (χ2n) is 5.60. The molecule has 0 saturated carbocycles. The molecule has 1 aromatic rings. The fourth-order valence-corrected chi connectivity index (χ4v) is 3.42. The zero-order chi connectivity index (χ0) is 14.2. The van der Waals surface area contributed by atoms with Gasteiger partial charge in [0.25, 0.3) is 0 Å². The maximum Gasteiger partial charge on any atom is 0.182 e. The van der Waals surface area contributed by atoms with Gasteiger partial charge in [-0.1, -0.05) is 12.2 Å². The summed E-state index contributed by atoms with van der Waals surface area (Å²) in [6.07, 6.45) is 11.1. The van der Waals surface area contributed by atoms with Crippen LogP contribution in [0, 0.1) is 5.41 Å². The third-order valence-electron chi connectivity index (χ3n) is 4.45. The number of rotatable bonds is 4. The summed E-state index contributed by atoms with van der Waals surface area (Å²) < 4.78 is 14.4. The molecule has 0 aromatic carbocycles. The average Bonchev–Trinajstić information content (AvgIpc) is 2.85. The van der Waals surface area contributed by atoms with E-state index in [9.17, 15) is 0 Å². The van der Waals surface area contributed by atoms with Crippen LogP contribution in [0.25, 0.3) is 6.08 Å². The molecular weight excluding hydrogens is 252 g/mol. The minimum atomic E-state index is -0.584. The Morgan fingerprint density at radius 3 is 2.75 bits per heavy atom. The van der Waals surface area contributed by atoms with E-state index in [1.807, 2.05) is 26.4 Å². The first-order chi connectivity index (χ1) is 9.65. The molecule has 0 radical (unpaired) electrons. The van der Waals surface area contributed by atoms with Crippen LogP contribution in [0.1, 0.15) is 32.9 Å². The van der Waals surface area contributed by atoms with Crippen LogP contribution in [-0.2, 0) is 16.0 Å². The molecular formula is C16H22N2O2. The van der Waals surface area contributed by atoms with Crippen molar-refractivity contribution in [2.45, 2.75) is 39.5 Å². The Morgan fingerprint density at radius 1 is 1.30 bits per heavy atom. The van der Waals surface area contributed by atoms with Crippen molar-refractivity contribution in [2.24, 2.45) is 5.41 Å². The molecule has 1 aliphatic heterocycles. The Hall–Kier alpha value is -1.39. The highest BCUT2D eigenvalue weighted by Crippen LogP contribution is 2.51. The molecule has 2 heterocycles. The Kier molecular flexibility index (Phi) is 3.30. The smallest absolute Gasteiger partial charge is 0.182 e. The monoisotopic (exact) mass is 274 g/mol. The molecule has 108 valence electrons. The first-order valence-electron chi connectivity index (χ1n) is 7.32. The molecule has 1 atom stereocenters. The van der Waals surface area contributed by atoms with Gasteiger partial charge in [-0.2, -0.15) is 0 Å². The van der Waals surface area contributed by atoms with Gasteiger partial charge in [-0.05, 0) is 32.4 Å². The van der Waals surface area contributed by atoms with E-state index in [2.05, 4.69) is 34.7 Å². The van der Waals surface area contributed by atoms with Crippen molar-refractivity contribution in [1.82, 2.24) is 9.55 Å². The average molecular weight is 274 g/mol. The van der Waals surface area contributed by atoms with E-state index < -0.39 is 5.79 Å². The molecule has 4 heteroatoms. The number of hydrogen-bond donors (Lipinski definition) is 0. The van der Waals surface area contributed by atoms with Crippen molar-refractivity contribution < 1.29 is 9.47 Å². The van der Waals surface area contributed by atoms with Gasteiger partial charge in [0.2, 0.25) is 0 Å². The molecule has 0 amide bonds. The number of imidazole rings is 1. The third-order valence-corrected chi connectivity index (χ3v) is 4.45. The van der Waals surface area contributed by atoms with Crippen molar-refractivity contribution in [3.8, 4) is 0 Å². The molecule has 4 nitrogen and oxygen atoms in total. The zero-order valence-corrected chi connectivity index (χ0v) is 12.4. The maximum absolute atomic E-state index is 6.13. The van der Waals surface area contributed by atoms with Crippen LogP contribution in [0.3, 0.4) is 0 Å². The molecule has 3 rings (SSSR count). The largest absolute Gasteiger partial charge is 0.349 e. The SMILES string of the molecule is CCOC1(OCC)CC=CC2=Cc3cncn3CC21C. The zero-order valence-electron chi connectivity index (χ0n) is 12.4. The third kappa shape index (κ3) is 1.79. The Morgan fingerprint density at radius 2 is 2.05 bits per heavy atom. The van der Waals surface area contributed by atoms with Crippen molar-refractivity contribution >= 4 is 6.08 Å². The summed E-state index contributed by atoms with van der Waals surface area (Å²) in [4.78, 5) is 4.25. The summed E-state index contributed by atoms with van der Waals surface area (Å²) in [5.41, 5.74) is 2.21. The van der Waals surface area contributed by atoms with E-state index >= 15 is 0 Å². The van der Waals surface area contributed by atoms with Gasteiger partial charge in [0.15, 0.2) is 5.79 Å². The highest BCUT2D eigenvalue weighted by molar-refractivity contribution is 5.58. The van der Waals surface area contributed by atoms with Crippen LogP contribution in [-0.4, -0.2) is 28.6 Å². The summed E-state index contributed by atoms with van der Waals surface area (Å²) in [5, 5.41) is 0. The van der Waals surface area contributed by atoms with Crippen molar-refractivity contribution in [1.29, 1.82) is 0 Å². The van der Waals surface area contributed by atoms with Gasteiger partial charge in [0.1, 0.15) is 0 Å². The van der Waals surface area contributed by atoms with Gasteiger partial charge < -0.3 is 14.0 Å². The predicted octanol–water partition coefficient (Wildman–Crippen LogP) is 3.02. The van der Waals surface area contributed by atoms with Crippen molar-refractivity contribution in [2.75, 3.05) is 13.2 Å². The highest BCUT2D eigenvalue weighted by atomic mass is 16.7. The molecule has 2 aliphatic rings.